The number of carbonyl (C=O) groups is 2. The van der Waals surface area contributed by atoms with Crippen LogP contribution in [0, 0.1) is 11.6 Å². The maximum Gasteiger partial charge on any atom is 0.264 e. The van der Waals surface area contributed by atoms with Crippen LogP contribution in [0.5, 0.6) is 0 Å². The molecular formula is C24H25F2N3O4S. The molecular weight excluding hydrogens is 464 g/mol. The highest BCUT2D eigenvalue weighted by atomic mass is 32.2. The monoisotopic (exact) mass is 489 g/mol. The average molecular weight is 490 g/mol. The number of ketones is 1. The Morgan fingerprint density at radius 2 is 1.91 bits per heavy atom. The summed E-state index contributed by atoms with van der Waals surface area (Å²) in [5.74, 6) is -2.45. The smallest absolute Gasteiger partial charge is 0.264 e. The summed E-state index contributed by atoms with van der Waals surface area (Å²) in [6.45, 7) is 1.52. The van der Waals surface area contributed by atoms with Gasteiger partial charge in [-0.2, -0.15) is 0 Å². The van der Waals surface area contributed by atoms with Crippen LogP contribution in [0.1, 0.15) is 53.6 Å². The van der Waals surface area contributed by atoms with E-state index < -0.39 is 32.0 Å². The van der Waals surface area contributed by atoms with Crippen molar-refractivity contribution in [2.24, 2.45) is 0 Å². The number of rotatable bonds is 5. The van der Waals surface area contributed by atoms with Gasteiger partial charge in [0.15, 0.2) is 0 Å². The van der Waals surface area contributed by atoms with Crippen LogP contribution < -0.4 is 15.4 Å². The molecule has 0 bridgehead atoms. The molecule has 0 radical (unpaired) electrons. The van der Waals surface area contributed by atoms with Crippen LogP contribution in [0.2, 0.25) is 0 Å². The second kappa shape index (κ2) is 8.42. The molecule has 5 rings (SSSR count). The number of halogens is 2. The maximum absolute atomic E-state index is 14.2. The molecule has 1 amide bonds. The van der Waals surface area contributed by atoms with Gasteiger partial charge in [0.1, 0.15) is 22.3 Å². The lowest BCUT2D eigenvalue weighted by atomic mass is 9.64. The summed E-state index contributed by atoms with van der Waals surface area (Å²) >= 11 is 0. The zero-order valence-corrected chi connectivity index (χ0v) is 19.2. The van der Waals surface area contributed by atoms with Crippen LogP contribution in [-0.4, -0.2) is 39.2 Å². The summed E-state index contributed by atoms with van der Waals surface area (Å²) in [5, 5.41) is 6.22. The molecule has 0 aromatic heterocycles. The lowest BCUT2D eigenvalue weighted by Crippen LogP contribution is -2.45. The summed E-state index contributed by atoms with van der Waals surface area (Å²) in [5.41, 5.74) is 0.907. The van der Waals surface area contributed by atoms with Crippen LogP contribution in [0.15, 0.2) is 35.2 Å². The van der Waals surface area contributed by atoms with Crippen molar-refractivity contribution >= 4 is 27.4 Å². The molecule has 1 aliphatic heterocycles. The fraction of sp³-hybridized carbons (Fsp3) is 0.417. The Morgan fingerprint density at radius 1 is 1.12 bits per heavy atom. The first kappa shape index (κ1) is 22.9. The second-order valence-electron chi connectivity index (χ2n) is 9.28. The van der Waals surface area contributed by atoms with Crippen molar-refractivity contribution in [1.29, 1.82) is 0 Å². The first-order chi connectivity index (χ1) is 16.2. The Morgan fingerprint density at radius 3 is 2.56 bits per heavy atom. The van der Waals surface area contributed by atoms with E-state index in [0.717, 1.165) is 37.9 Å². The molecule has 180 valence electrons. The minimum atomic E-state index is -4.41. The number of hydrogen-bond acceptors (Lipinski definition) is 5. The fourth-order valence-corrected chi connectivity index (χ4v) is 6.35. The lowest BCUT2D eigenvalue weighted by molar-refractivity contribution is -0.125. The molecule has 1 heterocycles. The van der Waals surface area contributed by atoms with Gasteiger partial charge in [-0.3, -0.25) is 14.3 Å². The number of amides is 1. The molecule has 1 unspecified atom stereocenters. The predicted octanol–water partition coefficient (Wildman–Crippen LogP) is 2.79. The van der Waals surface area contributed by atoms with Crippen molar-refractivity contribution in [3.05, 3.63) is 58.7 Å². The van der Waals surface area contributed by atoms with Gasteiger partial charge in [-0.25, -0.2) is 17.2 Å². The number of benzene rings is 2. The number of sulfonamides is 1. The summed E-state index contributed by atoms with van der Waals surface area (Å²) in [4.78, 5) is 25.5. The third kappa shape index (κ3) is 3.88. The maximum atomic E-state index is 14.2. The van der Waals surface area contributed by atoms with Crippen LogP contribution in [0.3, 0.4) is 0 Å². The zero-order chi connectivity index (χ0) is 24.1. The highest BCUT2D eigenvalue weighted by molar-refractivity contribution is 7.92. The molecule has 1 saturated heterocycles. The molecule has 2 aromatic rings. The van der Waals surface area contributed by atoms with Crippen LogP contribution in [0.4, 0.5) is 14.5 Å². The van der Waals surface area contributed by atoms with Gasteiger partial charge in [0.05, 0.1) is 5.41 Å². The van der Waals surface area contributed by atoms with Crippen molar-refractivity contribution in [1.82, 2.24) is 10.6 Å². The van der Waals surface area contributed by atoms with E-state index in [-0.39, 0.29) is 35.4 Å². The second-order valence-corrected chi connectivity index (χ2v) is 10.9. The lowest BCUT2D eigenvalue weighted by Gasteiger charge is -2.38. The molecule has 3 N–H and O–H groups in total. The van der Waals surface area contributed by atoms with Gasteiger partial charge in [0.25, 0.3) is 15.9 Å². The topological polar surface area (TPSA) is 104 Å². The van der Waals surface area contributed by atoms with Crippen molar-refractivity contribution in [3.8, 4) is 0 Å². The van der Waals surface area contributed by atoms with Gasteiger partial charge >= 0.3 is 0 Å². The van der Waals surface area contributed by atoms with Crippen molar-refractivity contribution in [2.75, 3.05) is 17.8 Å². The molecule has 7 nitrogen and oxygen atoms in total. The van der Waals surface area contributed by atoms with Gasteiger partial charge in [-0.1, -0.05) is 6.42 Å². The molecule has 2 aromatic carbocycles. The molecule has 1 atom stereocenters. The quantitative estimate of drug-likeness (QED) is 0.599. The highest BCUT2D eigenvalue weighted by Crippen LogP contribution is 2.52. The van der Waals surface area contributed by atoms with Crippen molar-refractivity contribution in [3.63, 3.8) is 0 Å². The van der Waals surface area contributed by atoms with Gasteiger partial charge in [-0.05, 0) is 67.6 Å². The van der Waals surface area contributed by atoms with Gasteiger partial charge in [0, 0.05) is 36.3 Å². The minimum Gasteiger partial charge on any atom is -0.348 e. The first-order valence-electron chi connectivity index (χ1n) is 11.4. The average Bonchev–Trinajstić information content (AvgIpc) is 3.05. The Labute approximate surface area is 196 Å². The van der Waals surface area contributed by atoms with Crippen molar-refractivity contribution < 1.29 is 26.8 Å². The Bertz CT molecular complexity index is 1290. The van der Waals surface area contributed by atoms with Crippen LogP contribution >= 0.6 is 0 Å². The zero-order valence-electron chi connectivity index (χ0n) is 18.4. The third-order valence-electron chi connectivity index (χ3n) is 7.16. The van der Waals surface area contributed by atoms with E-state index in [9.17, 15) is 26.8 Å². The fourth-order valence-electron chi connectivity index (χ4n) is 5.25. The number of carbonyl (C=O) groups excluding carboxylic acids is 2. The summed E-state index contributed by atoms with van der Waals surface area (Å²) in [7, 11) is -4.41. The summed E-state index contributed by atoms with van der Waals surface area (Å²) in [6, 6.07) is 5.11. The van der Waals surface area contributed by atoms with E-state index in [1.54, 1.807) is 6.07 Å². The normalized spacial score (nSPS) is 21.1. The molecule has 1 saturated carbocycles. The molecule has 1 spiro atoms. The van der Waals surface area contributed by atoms with Crippen LogP contribution in [-0.2, 0) is 26.7 Å². The van der Waals surface area contributed by atoms with Gasteiger partial charge < -0.3 is 10.6 Å². The van der Waals surface area contributed by atoms with E-state index in [1.807, 2.05) is 0 Å². The largest absolute Gasteiger partial charge is 0.348 e. The number of Topliss-reactive ketones (excluding diaryl/α,β-unsaturated/α-hetero) is 1. The molecule has 10 heteroatoms. The Kier molecular flexibility index (Phi) is 5.68. The molecule has 34 heavy (non-hydrogen) atoms. The number of anilines is 1. The van der Waals surface area contributed by atoms with Gasteiger partial charge in [0.2, 0.25) is 0 Å². The summed E-state index contributed by atoms with van der Waals surface area (Å²) in [6.07, 6.45) is 4.04. The number of fused-ring (bicyclic) bond motifs is 2. The van der Waals surface area contributed by atoms with E-state index in [2.05, 4.69) is 15.4 Å². The number of nitrogens with one attached hydrogen (secondary N) is 3. The molecule has 2 fully saturated rings. The van der Waals surface area contributed by atoms with Crippen molar-refractivity contribution in [2.45, 2.75) is 54.9 Å². The van der Waals surface area contributed by atoms with Crippen LogP contribution in [0.25, 0.3) is 0 Å². The van der Waals surface area contributed by atoms with E-state index >= 15 is 0 Å². The summed E-state index contributed by atoms with van der Waals surface area (Å²) < 4.78 is 55.6. The standard InChI is InChI=1S/C24H25F2N3O4S/c25-14-4-5-21(20(26)9-14)34(32,33)29-16-10-18(23(31)28-15-3-1-8-27-13-15)17-12-22(30)24(6-2-7-24)19(17)11-16/h4-5,9-11,15,27,29H,1-3,6-8,12-13H2,(H,28,31). The minimum absolute atomic E-state index is 0.0340. The molecule has 2 aliphatic carbocycles. The Balaban J connectivity index is 1.54. The third-order valence-corrected chi connectivity index (χ3v) is 8.57. The van der Waals surface area contributed by atoms with E-state index in [1.165, 1.54) is 6.07 Å². The highest BCUT2D eigenvalue weighted by Gasteiger charge is 2.51. The predicted molar refractivity (Wildman–Crippen MR) is 121 cm³/mol. The SMILES string of the molecule is O=C(NC1CCCNC1)c1cc(NS(=O)(=O)c2ccc(F)cc2F)cc2c1CC(=O)C21CCC1. The van der Waals surface area contributed by atoms with E-state index in [4.69, 9.17) is 0 Å². The Hall–Kier alpha value is -2.85. The van der Waals surface area contributed by atoms with E-state index in [0.29, 0.717) is 36.6 Å². The number of hydrogen-bond donors (Lipinski definition) is 3. The first-order valence-corrected chi connectivity index (χ1v) is 12.9. The number of piperidine rings is 1. The van der Waals surface area contributed by atoms with Gasteiger partial charge in [-0.15, -0.1) is 0 Å². The molecule has 3 aliphatic rings.